The summed E-state index contributed by atoms with van der Waals surface area (Å²) in [6.07, 6.45) is 4.18. The molecule has 1 aliphatic rings. The molecule has 104 valence electrons. The number of guanidine groups is 1. The number of hydrogen-bond donors (Lipinski definition) is 1. The molecule has 5 heteroatoms. The minimum atomic E-state index is 0.508. The predicted octanol–water partition coefficient (Wildman–Crippen LogP) is 1.64. The van der Waals surface area contributed by atoms with Gasteiger partial charge in [0.05, 0.1) is 13.7 Å². The minimum absolute atomic E-state index is 0.508. The van der Waals surface area contributed by atoms with Crippen LogP contribution in [0.4, 0.5) is 0 Å². The van der Waals surface area contributed by atoms with Crippen molar-refractivity contribution in [3.8, 4) is 5.88 Å². The van der Waals surface area contributed by atoms with E-state index in [1.807, 2.05) is 12.1 Å². The summed E-state index contributed by atoms with van der Waals surface area (Å²) >= 11 is 0. The van der Waals surface area contributed by atoms with E-state index in [-0.39, 0.29) is 0 Å². The number of methoxy groups -OCH3 is 1. The van der Waals surface area contributed by atoms with Crippen LogP contribution in [0.1, 0.15) is 25.3 Å². The van der Waals surface area contributed by atoms with E-state index in [1.165, 1.54) is 12.8 Å². The van der Waals surface area contributed by atoms with Gasteiger partial charge in [0.15, 0.2) is 5.96 Å². The summed E-state index contributed by atoms with van der Waals surface area (Å²) in [6.45, 7) is 4.76. The second-order valence-electron chi connectivity index (χ2n) is 5.04. The highest BCUT2D eigenvalue weighted by atomic mass is 16.5. The zero-order chi connectivity index (χ0) is 13.7. The number of ether oxygens (including phenoxy) is 1. The molecule has 1 aromatic rings. The maximum Gasteiger partial charge on any atom is 0.218 e. The van der Waals surface area contributed by atoms with Gasteiger partial charge in [-0.3, -0.25) is 0 Å². The first-order valence-electron chi connectivity index (χ1n) is 6.73. The Kier molecular flexibility index (Phi) is 4.60. The molecule has 5 nitrogen and oxygen atoms in total. The van der Waals surface area contributed by atoms with Crippen molar-refractivity contribution in [3.63, 3.8) is 0 Å². The molecule has 0 aliphatic carbocycles. The number of likely N-dealkylation sites (tertiary alicyclic amines) is 1. The lowest BCUT2D eigenvalue weighted by atomic mass is 10.0. The van der Waals surface area contributed by atoms with E-state index in [0.717, 1.165) is 18.7 Å². The molecule has 1 saturated heterocycles. The van der Waals surface area contributed by atoms with Crippen LogP contribution in [0, 0.1) is 5.92 Å². The molecule has 1 fully saturated rings. The van der Waals surface area contributed by atoms with Crippen LogP contribution in [-0.4, -0.2) is 36.0 Å². The first kappa shape index (κ1) is 13.6. The summed E-state index contributed by atoms with van der Waals surface area (Å²) in [4.78, 5) is 10.8. The Balaban J connectivity index is 2.01. The lowest BCUT2D eigenvalue weighted by Crippen LogP contribution is -2.43. The van der Waals surface area contributed by atoms with Gasteiger partial charge in [0.2, 0.25) is 5.88 Å². The second-order valence-corrected chi connectivity index (χ2v) is 5.04. The van der Waals surface area contributed by atoms with Gasteiger partial charge in [-0.15, -0.1) is 0 Å². The normalized spacial score (nSPS) is 20.4. The van der Waals surface area contributed by atoms with E-state index in [0.29, 0.717) is 24.3 Å². The molecule has 0 saturated carbocycles. The van der Waals surface area contributed by atoms with Crippen LogP contribution in [0.5, 0.6) is 5.88 Å². The van der Waals surface area contributed by atoms with Crippen LogP contribution in [0.15, 0.2) is 23.3 Å². The van der Waals surface area contributed by atoms with E-state index < -0.39 is 0 Å². The number of pyridine rings is 1. The van der Waals surface area contributed by atoms with Gasteiger partial charge in [-0.2, -0.15) is 0 Å². The van der Waals surface area contributed by atoms with Crippen molar-refractivity contribution in [1.82, 2.24) is 9.88 Å². The third-order valence-corrected chi connectivity index (χ3v) is 3.44. The van der Waals surface area contributed by atoms with E-state index in [4.69, 9.17) is 10.5 Å². The molecule has 0 bridgehead atoms. The van der Waals surface area contributed by atoms with Gasteiger partial charge in [0.25, 0.3) is 0 Å². The van der Waals surface area contributed by atoms with Crippen molar-refractivity contribution >= 4 is 5.96 Å². The quantitative estimate of drug-likeness (QED) is 0.664. The SMILES string of the molecule is COc1ncccc1CN=C(N)N1CCCC(C)C1. The van der Waals surface area contributed by atoms with Gasteiger partial charge in [-0.05, 0) is 24.8 Å². The number of nitrogens with two attached hydrogens (primary N) is 1. The van der Waals surface area contributed by atoms with Gasteiger partial charge < -0.3 is 15.4 Å². The predicted molar refractivity (Wildman–Crippen MR) is 76.1 cm³/mol. The van der Waals surface area contributed by atoms with Crippen LogP contribution in [0.3, 0.4) is 0 Å². The van der Waals surface area contributed by atoms with Gasteiger partial charge in [0.1, 0.15) is 0 Å². The van der Waals surface area contributed by atoms with E-state index in [9.17, 15) is 0 Å². The third-order valence-electron chi connectivity index (χ3n) is 3.44. The fourth-order valence-corrected chi connectivity index (χ4v) is 2.39. The highest BCUT2D eigenvalue weighted by Gasteiger charge is 2.17. The molecule has 19 heavy (non-hydrogen) atoms. The van der Waals surface area contributed by atoms with Crippen molar-refractivity contribution in [3.05, 3.63) is 23.9 Å². The standard InChI is InChI=1S/C14H22N4O/c1-11-5-4-8-18(10-11)14(15)17-9-12-6-3-7-16-13(12)19-2/h3,6-7,11H,4-5,8-10H2,1-2H3,(H2,15,17). The summed E-state index contributed by atoms with van der Waals surface area (Å²) in [7, 11) is 1.62. The number of rotatable bonds is 3. The maximum absolute atomic E-state index is 6.06. The molecular weight excluding hydrogens is 240 g/mol. The lowest BCUT2D eigenvalue weighted by Gasteiger charge is -2.31. The maximum atomic E-state index is 6.06. The average molecular weight is 262 g/mol. The Hall–Kier alpha value is -1.78. The molecule has 0 radical (unpaired) electrons. The highest BCUT2D eigenvalue weighted by Crippen LogP contribution is 2.17. The molecule has 2 N–H and O–H groups in total. The Bertz CT molecular complexity index is 447. The molecule has 0 amide bonds. The third kappa shape index (κ3) is 3.59. The van der Waals surface area contributed by atoms with Crippen molar-refractivity contribution in [1.29, 1.82) is 0 Å². The highest BCUT2D eigenvalue weighted by molar-refractivity contribution is 5.78. The molecule has 0 spiro atoms. The number of hydrogen-bond acceptors (Lipinski definition) is 3. The number of piperidine rings is 1. The van der Waals surface area contributed by atoms with Gasteiger partial charge >= 0.3 is 0 Å². The summed E-state index contributed by atoms with van der Waals surface area (Å²) in [5.74, 6) is 1.93. The summed E-state index contributed by atoms with van der Waals surface area (Å²) in [5, 5.41) is 0. The number of aromatic nitrogens is 1. The minimum Gasteiger partial charge on any atom is -0.481 e. The molecule has 0 aromatic carbocycles. The van der Waals surface area contributed by atoms with Gasteiger partial charge in [-0.1, -0.05) is 13.0 Å². The Morgan fingerprint density at radius 3 is 3.21 bits per heavy atom. The summed E-state index contributed by atoms with van der Waals surface area (Å²) in [6, 6.07) is 3.84. The zero-order valence-electron chi connectivity index (χ0n) is 11.7. The Labute approximate surface area is 114 Å². The fraction of sp³-hybridized carbons (Fsp3) is 0.571. The van der Waals surface area contributed by atoms with Crippen LogP contribution >= 0.6 is 0 Å². The lowest BCUT2D eigenvalue weighted by molar-refractivity contribution is 0.270. The molecular formula is C14H22N4O. The van der Waals surface area contributed by atoms with Crippen molar-refractivity contribution in [2.45, 2.75) is 26.3 Å². The van der Waals surface area contributed by atoms with Crippen LogP contribution < -0.4 is 10.5 Å². The summed E-state index contributed by atoms with van der Waals surface area (Å²) < 4.78 is 5.21. The van der Waals surface area contributed by atoms with Crippen LogP contribution in [-0.2, 0) is 6.54 Å². The van der Waals surface area contributed by atoms with Crippen molar-refractivity contribution in [2.24, 2.45) is 16.6 Å². The first-order chi connectivity index (χ1) is 9.20. The molecule has 2 rings (SSSR count). The largest absolute Gasteiger partial charge is 0.481 e. The van der Waals surface area contributed by atoms with Crippen LogP contribution in [0.2, 0.25) is 0 Å². The fourth-order valence-electron chi connectivity index (χ4n) is 2.39. The molecule has 1 unspecified atom stereocenters. The van der Waals surface area contributed by atoms with Crippen molar-refractivity contribution in [2.75, 3.05) is 20.2 Å². The Morgan fingerprint density at radius 1 is 1.63 bits per heavy atom. The molecule has 2 heterocycles. The van der Waals surface area contributed by atoms with E-state index in [1.54, 1.807) is 13.3 Å². The van der Waals surface area contributed by atoms with Crippen molar-refractivity contribution < 1.29 is 4.74 Å². The number of nitrogens with zero attached hydrogens (tertiary/aromatic N) is 3. The van der Waals surface area contributed by atoms with E-state index in [2.05, 4.69) is 21.8 Å². The van der Waals surface area contributed by atoms with Gasteiger partial charge in [-0.25, -0.2) is 9.98 Å². The number of aliphatic imine (C=N–C) groups is 1. The zero-order valence-corrected chi connectivity index (χ0v) is 11.7. The monoisotopic (exact) mass is 262 g/mol. The van der Waals surface area contributed by atoms with Crippen LogP contribution in [0.25, 0.3) is 0 Å². The summed E-state index contributed by atoms with van der Waals surface area (Å²) in [5.41, 5.74) is 7.02. The topological polar surface area (TPSA) is 63.7 Å². The molecule has 1 atom stereocenters. The first-order valence-corrected chi connectivity index (χ1v) is 6.73. The van der Waals surface area contributed by atoms with Gasteiger partial charge in [0, 0.05) is 24.8 Å². The Morgan fingerprint density at radius 2 is 2.47 bits per heavy atom. The second kappa shape index (κ2) is 6.41. The smallest absolute Gasteiger partial charge is 0.218 e. The molecule has 1 aromatic heterocycles. The average Bonchev–Trinajstić information content (AvgIpc) is 2.45. The molecule has 1 aliphatic heterocycles. The van der Waals surface area contributed by atoms with E-state index >= 15 is 0 Å².